The van der Waals surface area contributed by atoms with E-state index in [0.717, 1.165) is 5.70 Å². The third-order valence-electron chi connectivity index (χ3n) is 3.44. The number of carbonyl (C=O) groups excluding carboxylic acids is 1. The largest absolute Gasteiger partial charge is 0.473 e. The van der Waals surface area contributed by atoms with Crippen LogP contribution in [0.1, 0.15) is 0 Å². The molecule has 0 spiro atoms. The first-order chi connectivity index (χ1) is 10.8. The van der Waals surface area contributed by atoms with Crippen molar-refractivity contribution in [3.8, 4) is 6.07 Å². The molecule has 0 radical (unpaired) electrons. The lowest BCUT2D eigenvalue weighted by Gasteiger charge is -2.34. The van der Waals surface area contributed by atoms with E-state index in [4.69, 9.17) is 14.7 Å². The van der Waals surface area contributed by atoms with Gasteiger partial charge in [0.25, 0.3) is 5.90 Å². The zero-order valence-electron chi connectivity index (χ0n) is 12.4. The SMILES string of the molecule is COC(C#N)=NC=C(C1C=CC=CC1=C=O)N1CCOCC1. The van der Waals surface area contributed by atoms with Gasteiger partial charge in [-0.05, 0) is 6.08 Å². The van der Waals surface area contributed by atoms with Crippen molar-refractivity contribution >= 4 is 11.8 Å². The highest BCUT2D eigenvalue weighted by molar-refractivity contribution is 5.91. The first-order valence-corrected chi connectivity index (χ1v) is 6.94. The Hall–Kier alpha value is -2.61. The van der Waals surface area contributed by atoms with Gasteiger partial charge in [-0.1, -0.05) is 18.2 Å². The second-order valence-corrected chi connectivity index (χ2v) is 4.68. The van der Waals surface area contributed by atoms with E-state index in [0.29, 0.717) is 31.9 Å². The van der Waals surface area contributed by atoms with Crippen molar-refractivity contribution in [1.82, 2.24) is 4.90 Å². The summed E-state index contributed by atoms with van der Waals surface area (Å²) in [6.07, 6.45) is 8.91. The van der Waals surface area contributed by atoms with Gasteiger partial charge in [0.2, 0.25) is 0 Å². The fourth-order valence-electron chi connectivity index (χ4n) is 2.33. The number of rotatable bonds is 3. The van der Waals surface area contributed by atoms with Crippen LogP contribution in [-0.4, -0.2) is 50.2 Å². The van der Waals surface area contributed by atoms with Crippen molar-refractivity contribution < 1.29 is 14.3 Å². The second kappa shape index (κ2) is 7.99. The van der Waals surface area contributed by atoms with Crippen LogP contribution in [0, 0.1) is 17.2 Å². The molecule has 0 amide bonds. The first-order valence-electron chi connectivity index (χ1n) is 6.94. The second-order valence-electron chi connectivity index (χ2n) is 4.68. The van der Waals surface area contributed by atoms with Crippen LogP contribution in [0.4, 0.5) is 0 Å². The Morgan fingerprint density at radius 3 is 2.91 bits per heavy atom. The highest BCUT2D eigenvalue weighted by Crippen LogP contribution is 2.28. The minimum atomic E-state index is -0.235. The molecule has 1 heterocycles. The molecule has 1 unspecified atom stereocenters. The van der Waals surface area contributed by atoms with Gasteiger partial charge in [0, 0.05) is 24.4 Å². The summed E-state index contributed by atoms with van der Waals surface area (Å²) in [7, 11) is 1.39. The van der Waals surface area contributed by atoms with Crippen molar-refractivity contribution in [3.05, 3.63) is 41.8 Å². The number of nitriles is 1. The minimum Gasteiger partial charge on any atom is -0.473 e. The Morgan fingerprint density at radius 1 is 1.50 bits per heavy atom. The zero-order chi connectivity index (χ0) is 15.8. The number of methoxy groups -OCH3 is 1. The average Bonchev–Trinajstić information content (AvgIpc) is 2.60. The molecule has 0 bridgehead atoms. The first kappa shape index (κ1) is 15.8. The van der Waals surface area contributed by atoms with Crippen LogP contribution >= 0.6 is 0 Å². The average molecular weight is 299 g/mol. The summed E-state index contributed by atoms with van der Waals surface area (Å²) >= 11 is 0. The van der Waals surface area contributed by atoms with Crippen molar-refractivity contribution in [3.63, 3.8) is 0 Å². The van der Waals surface area contributed by atoms with Gasteiger partial charge >= 0.3 is 0 Å². The summed E-state index contributed by atoms with van der Waals surface area (Å²) in [4.78, 5) is 17.3. The van der Waals surface area contributed by atoms with E-state index in [9.17, 15) is 4.79 Å². The highest BCUT2D eigenvalue weighted by atomic mass is 16.5. The highest BCUT2D eigenvalue weighted by Gasteiger charge is 2.24. The monoisotopic (exact) mass is 299 g/mol. The van der Waals surface area contributed by atoms with E-state index in [1.54, 1.807) is 18.4 Å². The molecule has 6 heteroatoms. The zero-order valence-corrected chi connectivity index (χ0v) is 12.4. The molecule has 1 fully saturated rings. The molecule has 0 aromatic heterocycles. The lowest BCUT2D eigenvalue weighted by Crippen LogP contribution is -2.38. The molecule has 0 saturated carbocycles. The topological polar surface area (TPSA) is 74.9 Å². The summed E-state index contributed by atoms with van der Waals surface area (Å²) < 4.78 is 10.2. The molecule has 1 aliphatic heterocycles. The quantitative estimate of drug-likeness (QED) is 0.445. The van der Waals surface area contributed by atoms with Crippen LogP contribution in [0.3, 0.4) is 0 Å². The van der Waals surface area contributed by atoms with E-state index in [2.05, 4.69) is 9.89 Å². The number of nitrogens with zero attached hydrogens (tertiary/aromatic N) is 3. The van der Waals surface area contributed by atoms with Crippen LogP contribution in [0.2, 0.25) is 0 Å². The smallest absolute Gasteiger partial charge is 0.295 e. The maximum absolute atomic E-state index is 11.2. The number of aliphatic imine (C=N–C) groups is 1. The molecule has 1 saturated heterocycles. The summed E-state index contributed by atoms with van der Waals surface area (Å²) in [6.45, 7) is 2.64. The summed E-state index contributed by atoms with van der Waals surface area (Å²) in [5.74, 6) is 1.71. The van der Waals surface area contributed by atoms with E-state index >= 15 is 0 Å². The Morgan fingerprint density at radius 2 is 2.27 bits per heavy atom. The van der Waals surface area contributed by atoms with Gasteiger partial charge in [-0.2, -0.15) is 5.26 Å². The molecule has 0 aromatic rings. The van der Waals surface area contributed by atoms with Gasteiger partial charge < -0.3 is 14.4 Å². The summed E-state index contributed by atoms with van der Waals surface area (Å²) in [6, 6.07) is 1.86. The fourth-order valence-corrected chi connectivity index (χ4v) is 2.33. The lowest BCUT2D eigenvalue weighted by atomic mass is 9.92. The molecular formula is C16H17N3O3. The van der Waals surface area contributed by atoms with Crippen molar-refractivity contribution in [2.75, 3.05) is 33.4 Å². The molecule has 0 N–H and O–H groups in total. The van der Waals surface area contributed by atoms with E-state index < -0.39 is 0 Å². The van der Waals surface area contributed by atoms with E-state index in [1.165, 1.54) is 7.11 Å². The predicted octanol–water partition coefficient (Wildman–Crippen LogP) is 1.23. The number of allylic oxidation sites excluding steroid dienone is 4. The minimum absolute atomic E-state index is 0.0299. The number of morpholine rings is 1. The van der Waals surface area contributed by atoms with E-state index in [1.807, 2.05) is 24.2 Å². The third kappa shape index (κ3) is 3.73. The normalized spacial score (nSPS) is 22.3. The van der Waals surface area contributed by atoms with Gasteiger partial charge in [-0.25, -0.2) is 9.79 Å². The molecule has 114 valence electrons. The number of hydrogen-bond donors (Lipinski definition) is 0. The van der Waals surface area contributed by atoms with Gasteiger partial charge in [0.15, 0.2) is 6.07 Å². The van der Waals surface area contributed by atoms with Crippen molar-refractivity contribution in [2.24, 2.45) is 10.9 Å². The van der Waals surface area contributed by atoms with E-state index in [-0.39, 0.29) is 11.8 Å². The Bertz CT molecular complexity index is 613. The molecule has 2 aliphatic rings. The molecule has 0 aromatic carbocycles. The van der Waals surface area contributed by atoms with Crippen LogP contribution < -0.4 is 0 Å². The molecule has 1 aliphatic carbocycles. The van der Waals surface area contributed by atoms with Crippen LogP contribution in [-0.2, 0) is 14.3 Å². The summed E-state index contributed by atoms with van der Waals surface area (Å²) in [5, 5.41) is 8.90. The summed E-state index contributed by atoms with van der Waals surface area (Å²) in [5.41, 5.74) is 1.36. The number of ether oxygens (including phenoxy) is 2. The molecule has 22 heavy (non-hydrogen) atoms. The maximum atomic E-state index is 11.2. The van der Waals surface area contributed by atoms with Crippen molar-refractivity contribution in [1.29, 1.82) is 5.26 Å². The van der Waals surface area contributed by atoms with Crippen molar-refractivity contribution in [2.45, 2.75) is 0 Å². The van der Waals surface area contributed by atoms with Gasteiger partial charge in [0.05, 0.1) is 32.4 Å². The standard InChI is InChI=1S/C16H17N3O3/c1-21-16(10-17)18-11-15(19-6-8-22-9-7-19)14-5-3-2-4-13(14)12-20/h2-5,11,14H,6-9H2,1H3. The molecular weight excluding hydrogens is 282 g/mol. The third-order valence-corrected chi connectivity index (χ3v) is 3.44. The van der Waals surface area contributed by atoms with Crippen LogP contribution in [0.5, 0.6) is 0 Å². The Labute approximate surface area is 129 Å². The Balaban J connectivity index is 2.37. The molecule has 2 rings (SSSR count). The lowest BCUT2D eigenvalue weighted by molar-refractivity contribution is 0.0507. The molecule has 1 atom stereocenters. The van der Waals surface area contributed by atoms with Gasteiger partial charge in [-0.15, -0.1) is 0 Å². The maximum Gasteiger partial charge on any atom is 0.295 e. The van der Waals surface area contributed by atoms with Gasteiger partial charge in [0.1, 0.15) is 5.94 Å². The van der Waals surface area contributed by atoms with Crippen LogP contribution in [0.15, 0.2) is 46.8 Å². The fraction of sp³-hybridized carbons (Fsp3) is 0.375. The molecule has 6 nitrogen and oxygen atoms in total. The number of hydrogen-bond acceptors (Lipinski definition) is 6. The van der Waals surface area contributed by atoms with Crippen LogP contribution in [0.25, 0.3) is 0 Å². The predicted molar refractivity (Wildman–Crippen MR) is 81.5 cm³/mol. The van der Waals surface area contributed by atoms with Gasteiger partial charge in [-0.3, -0.25) is 0 Å². The Kier molecular flexibility index (Phi) is 5.73.